The summed E-state index contributed by atoms with van der Waals surface area (Å²) >= 11 is 0. The zero-order valence-electron chi connectivity index (χ0n) is 31.6. The van der Waals surface area contributed by atoms with Crippen LogP contribution in [0.15, 0.2) is 187 Å². The lowest BCUT2D eigenvalue weighted by Crippen LogP contribution is -2.03. The Morgan fingerprint density at radius 2 is 1.56 bits per heavy atom. The van der Waals surface area contributed by atoms with Gasteiger partial charge in [0.2, 0.25) is 11.4 Å². The smallest absolute Gasteiger partial charge is 0.227 e. The molecule has 5 rings (SSSR count). The summed E-state index contributed by atoms with van der Waals surface area (Å²) in [5.74, 6) is 0. The molecule has 55 heavy (non-hydrogen) atoms. The van der Waals surface area contributed by atoms with Crippen molar-refractivity contribution in [1.82, 2.24) is 9.56 Å². The number of H-pyrrole nitrogens is 1. The molecule has 3 aromatic carbocycles. The molecule has 0 saturated carbocycles. The van der Waals surface area contributed by atoms with Gasteiger partial charge >= 0.3 is 0 Å². The first kappa shape index (κ1) is 39.1. The molecule has 1 aliphatic heterocycles. The van der Waals surface area contributed by atoms with Crippen LogP contribution in [0.2, 0.25) is 0 Å². The van der Waals surface area contributed by atoms with Gasteiger partial charge in [0.25, 0.3) is 0 Å². The fourth-order valence-electron chi connectivity index (χ4n) is 6.31. The van der Waals surface area contributed by atoms with E-state index in [9.17, 15) is 0 Å². The Balaban J connectivity index is 1.66. The topological polar surface area (TPSA) is 135 Å². The molecule has 276 valence electrons. The summed E-state index contributed by atoms with van der Waals surface area (Å²) in [7, 11) is 0. The van der Waals surface area contributed by atoms with Gasteiger partial charge in [-0.3, -0.25) is 4.99 Å². The van der Waals surface area contributed by atoms with E-state index in [1.54, 1.807) is 24.6 Å². The van der Waals surface area contributed by atoms with Gasteiger partial charge in [0.05, 0.1) is 34.4 Å². The van der Waals surface area contributed by atoms with E-state index in [0.717, 1.165) is 66.8 Å². The summed E-state index contributed by atoms with van der Waals surface area (Å²) < 4.78 is 2.27. The number of hydrogen-bond acceptors (Lipinski definition) is 5. The average molecular weight is 725 g/mol. The van der Waals surface area contributed by atoms with Gasteiger partial charge < -0.3 is 27.9 Å². The van der Waals surface area contributed by atoms with Gasteiger partial charge in [-0.25, -0.2) is 0 Å². The number of allylic oxidation sites excluding steroid dienone is 14. The Morgan fingerprint density at radius 3 is 2.27 bits per heavy atom. The summed E-state index contributed by atoms with van der Waals surface area (Å²) in [5, 5.41) is 2.21. The van der Waals surface area contributed by atoms with Gasteiger partial charge in [-0.15, -0.1) is 0 Å². The normalized spacial score (nSPS) is 15.3. The molecule has 1 aliphatic rings. The SMILES string of the molecule is C=C/C(=C\N)C/C=C(\C=C(/N)c1ccc[nH]1)c1ccc2c3c(ccc2c1)-c1ccc(C(/C=C(N)/C(C=C)=C/N)=C/CN=C/C=C\C)cc1[N+]3=C/C=C\C=C/C. The third kappa shape index (κ3) is 9.28. The second-order valence-electron chi connectivity index (χ2n) is 12.7. The van der Waals surface area contributed by atoms with Crippen molar-refractivity contribution in [1.29, 1.82) is 0 Å². The molecular formula is C48H50N7+. The molecular weight excluding hydrogens is 675 g/mol. The van der Waals surface area contributed by atoms with E-state index in [4.69, 9.17) is 22.9 Å². The number of rotatable bonds is 15. The molecule has 4 aromatic rings. The zero-order chi connectivity index (χ0) is 39.2. The summed E-state index contributed by atoms with van der Waals surface area (Å²) in [6.07, 6.45) is 32.9. The molecule has 7 heteroatoms. The third-order valence-corrected chi connectivity index (χ3v) is 9.19. The van der Waals surface area contributed by atoms with Crippen LogP contribution in [-0.4, -0.2) is 24.0 Å². The number of nitrogens with zero attached hydrogens (tertiary/aromatic N) is 2. The molecule has 0 spiro atoms. The molecule has 7 nitrogen and oxygen atoms in total. The Kier molecular flexibility index (Phi) is 13.6. The van der Waals surface area contributed by atoms with Crippen LogP contribution in [0.5, 0.6) is 0 Å². The second kappa shape index (κ2) is 19.1. The minimum atomic E-state index is 0.477. The van der Waals surface area contributed by atoms with Crippen LogP contribution in [0.3, 0.4) is 0 Å². The van der Waals surface area contributed by atoms with Gasteiger partial charge in [-0.1, -0.05) is 80.0 Å². The maximum absolute atomic E-state index is 6.58. The quantitative estimate of drug-likeness (QED) is 0.0417. The molecule has 9 N–H and O–H groups in total. The molecule has 0 fully saturated rings. The highest BCUT2D eigenvalue weighted by atomic mass is 15.0. The highest BCUT2D eigenvalue weighted by Crippen LogP contribution is 2.49. The Bertz CT molecular complexity index is 2400. The maximum atomic E-state index is 6.58. The Morgan fingerprint density at radius 1 is 0.800 bits per heavy atom. The van der Waals surface area contributed by atoms with Gasteiger partial charge in [0.1, 0.15) is 0 Å². The summed E-state index contributed by atoms with van der Waals surface area (Å²) in [6, 6.07) is 21.4. The van der Waals surface area contributed by atoms with Gasteiger partial charge in [-0.2, -0.15) is 4.58 Å². The van der Waals surface area contributed by atoms with E-state index in [1.165, 1.54) is 6.20 Å². The minimum absolute atomic E-state index is 0.477. The van der Waals surface area contributed by atoms with Crippen molar-refractivity contribution in [3.63, 3.8) is 0 Å². The van der Waals surface area contributed by atoms with Crippen molar-refractivity contribution < 1.29 is 0 Å². The molecule has 0 atom stereocenters. The number of fused-ring (bicyclic) bond motifs is 5. The fourth-order valence-corrected chi connectivity index (χ4v) is 6.31. The number of aromatic amines is 1. The van der Waals surface area contributed by atoms with Crippen molar-refractivity contribution in [2.24, 2.45) is 27.9 Å². The maximum Gasteiger partial charge on any atom is 0.227 e. The van der Waals surface area contributed by atoms with E-state index < -0.39 is 0 Å². The lowest BCUT2D eigenvalue weighted by Gasteiger charge is -2.09. The molecule has 0 unspecified atom stereocenters. The largest absolute Gasteiger partial charge is 0.404 e. The highest BCUT2D eigenvalue weighted by molar-refractivity contribution is 6.10. The number of aliphatic imine (C=N–C) groups is 1. The predicted molar refractivity (Wildman–Crippen MR) is 240 cm³/mol. The standard InChI is InChI=1S/C48H50N7/c1-5-9-11-12-27-55-47-31-38(39(23-26-53-24-10-6-2)29-44(51)35(8-4)33-50)18-21-42(47)43-22-19-40-28-36(17-20-41(40)48(43)55)37(16-15-34(7-3)32-49)30-45(52)46-14-13-25-54-46/h5-14,16-25,27-33,54H,3-4,15,26,49-52H2,1-2H3/q+1/b9-5-,10-6-,12-11-,34-32+,35-33+,37-16+,39-23+,44-29-,45-30-,53-24?,55-27?. The Labute approximate surface area is 324 Å². The van der Waals surface area contributed by atoms with Crippen LogP contribution in [-0.2, 0) is 0 Å². The number of nitrogens with one attached hydrogen (secondary N) is 1. The molecule has 2 heterocycles. The summed E-state index contributed by atoms with van der Waals surface area (Å²) in [5.41, 5.74) is 36.8. The van der Waals surface area contributed by atoms with Crippen molar-refractivity contribution >= 4 is 51.4 Å². The van der Waals surface area contributed by atoms with E-state index in [2.05, 4.69) is 101 Å². The first-order valence-corrected chi connectivity index (χ1v) is 18.2. The van der Waals surface area contributed by atoms with E-state index in [0.29, 0.717) is 29.9 Å². The van der Waals surface area contributed by atoms with Crippen LogP contribution >= 0.6 is 0 Å². The van der Waals surface area contributed by atoms with Crippen LogP contribution < -0.4 is 27.5 Å². The molecule has 1 aromatic heterocycles. The molecule has 0 amide bonds. The molecule has 0 saturated heterocycles. The van der Waals surface area contributed by atoms with Crippen LogP contribution in [0.4, 0.5) is 11.4 Å². The van der Waals surface area contributed by atoms with Crippen molar-refractivity contribution in [2.45, 2.75) is 20.3 Å². The monoisotopic (exact) mass is 724 g/mol. The Hall–Kier alpha value is -7.12. The van der Waals surface area contributed by atoms with Gasteiger partial charge in [0, 0.05) is 42.0 Å². The van der Waals surface area contributed by atoms with Crippen molar-refractivity contribution in [3.8, 4) is 11.1 Å². The number of nitrogens with two attached hydrogens (primary N) is 4. The van der Waals surface area contributed by atoms with Gasteiger partial charge in [0.15, 0.2) is 6.21 Å². The molecule has 0 aliphatic carbocycles. The lowest BCUT2D eigenvalue weighted by atomic mass is 9.95. The number of benzene rings is 3. The van der Waals surface area contributed by atoms with E-state index >= 15 is 0 Å². The number of aromatic nitrogens is 1. The van der Waals surface area contributed by atoms with Crippen LogP contribution in [0.25, 0.3) is 38.7 Å². The minimum Gasteiger partial charge on any atom is -0.404 e. The summed E-state index contributed by atoms with van der Waals surface area (Å²) in [4.78, 5) is 7.73. The van der Waals surface area contributed by atoms with E-state index in [1.807, 2.05) is 74.7 Å². The zero-order valence-corrected chi connectivity index (χ0v) is 31.6. The lowest BCUT2D eigenvalue weighted by molar-refractivity contribution is 1.15. The first-order chi connectivity index (χ1) is 26.9. The van der Waals surface area contributed by atoms with Crippen LogP contribution in [0.1, 0.15) is 37.1 Å². The van der Waals surface area contributed by atoms with Crippen LogP contribution in [0, 0.1) is 0 Å². The average Bonchev–Trinajstić information content (AvgIpc) is 3.86. The molecule has 0 radical (unpaired) electrons. The van der Waals surface area contributed by atoms with E-state index in [-0.39, 0.29) is 0 Å². The van der Waals surface area contributed by atoms with Crippen molar-refractivity contribution in [3.05, 3.63) is 199 Å². The van der Waals surface area contributed by atoms with Gasteiger partial charge in [-0.05, 0) is 114 Å². The summed E-state index contributed by atoms with van der Waals surface area (Å²) in [6.45, 7) is 12.2. The highest BCUT2D eigenvalue weighted by Gasteiger charge is 2.33. The van der Waals surface area contributed by atoms with Crippen molar-refractivity contribution in [2.75, 3.05) is 6.54 Å². The molecule has 0 bridgehead atoms. The number of hydrogen-bond donors (Lipinski definition) is 5. The third-order valence-electron chi connectivity index (χ3n) is 9.19. The predicted octanol–water partition coefficient (Wildman–Crippen LogP) is 9.89. The fraction of sp³-hybridized carbons (Fsp3) is 0.0833. The first-order valence-electron chi connectivity index (χ1n) is 18.2. The second-order valence-corrected chi connectivity index (χ2v) is 12.7.